The third-order valence-electron chi connectivity index (χ3n) is 6.17. The summed E-state index contributed by atoms with van der Waals surface area (Å²) in [6.45, 7) is 2.51. The largest absolute Gasteiger partial charge is 0.372 e. The van der Waals surface area contributed by atoms with E-state index in [1.54, 1.807) is 24.3 Å². The van der Waals surface area contributed by atoms with Crippen molar-refractivity contribution >= 4 is 39.8 Å². The fourth-order valence-corrected chi connectivity index (χ4v) is 5.20. The molecule has 0 aliphatic carbocycles. The molecule has 1 saturated heterocycles. The normalized spacial score (nSPS) is 18.9. The standard InChI is InChI=1S/C23H28N4O4S/c28-22(16-21-23(29)25-19-8-4-5-9-20(19)27(21)32(30)31)24-13-10-17-11-14-26(15-12-17)18-6-2-1-3-7-18/h1-9,17,21,32H,10-16H2,(H,24,28)(H,25,29). The summed E-state index contributed by atoms with van der Waals surface area (Å²) < 4.78 is 24.7. The summed E-state index contributed by atoms with van der Waals surface area (Å²) in [5.41, 5.74) is 2.05. The lowest BCUT2D eigenvalue weighted by Crippen LogP contribution is -2.49. The number of thiol groups is 1. The van der Waals surface area contributed by atoms with Crippen LogP contribution in [0.15, 0.2) is 54.6 Å². The van der Waals surface area contributed by atoms with Crippen LogP contribution < -0.4 is 19.8 Å². The van der Waals surface area contributed by atoms with Gasteiger partial charge in [0.05, 0.1) is 17.8 Å². The number of para-hydroxylation sites is 3. The zero-order valence-corrected chi connectivity index (χ0v) is 18.7. The van der Waals surface area contributed by atoms with Crippen LogP contribution in [0.3, 0.4) is 0 Å². The molecule has 0 saturated carbocycles. The van der Waals surface area contributed by atoms with E-state index in [0.717, 1.165) is 36.7 Å². The van der Waals surface area contributed by atoms with Crippen LogP contribution in [0.5, 0.6) is 0 Å². The molecule has 2 N–H and O–H groups in total. The molecule has 1 fully saturated rings. The van der Waals surface area contributed by atoms with Gasteiger partial charge in [-0.3, -0.25) is 13.9 Å². The van der Waals surface area contributed by atoms with Gasteiger partial charge >= 0.3 is 0 Å². The number of hydrogen-bond acceptors (Lipinski definition) is 5. The number of carbonyl (C=O) groups is 2. The van der Waals surface area contributed by atoms with Crippen molar-refractivity contribution in [2.75, 3.05) is 34.2 Å². The average molecular weight is 457 g/mol. The van der Waals surface area contributed by atoms with Gasteiger partial charge in [0.15, 0.2) is 0 Å². The summed E-state index contributed by atoms with van der Waals surface area (Å²) in [6, 6.07) is 15.9. The molecule has 2 aliphatic heterocycles. The van der Waals surface area contributed by atoms with Crippen molar-refractivity contribution < 1.29 is 18.0 Å². The van der Waals surface area contributed by atoms with Crippen molar-refractivity contribution in [3.8, 4) is 0 Å². The number of piperidine rings is 1. The monoisotopic (exact) mass is 456 g/mol. The van der Waals surface area contributed by atoms with E-state index in [1.807, 2.05) is 18.2 Å². The Labute approximate surface area is 189 Å². The number of carbonyl (C=O) groups excluding carboxylic acids is 2. The Morgan fingerprint density at radius 3 is 2.44 bits per heavy atom. The van der Waals surface area contributed by atoms with Gasteiger partial charge in [0.25, 0.3) is 0 Å². The summed E-state index contributed by atoms with van der Waals surface area (Å²) in [4.78, 5) is 27.3. The zero-order chi connectivity index (χ0) is 22.5. The Hall–Kier alpha value is -3.07. The van der Waals surface area contributed by atoms with Gasteiger partial charge in [-0.1, -0.05) is 30.3 Å². The quantitative estimate of drug-likeness (QED) is 0.555. The molecular weight excluding hydrogens is 428 g/mol. The minimum atomic E-state index is -3.06. The number of amides is 2. The minimum Gasteiger partial charge on any atom is -0.372 e. The van der Waals surface area contributed by atoms with Crippen LogP contribution in [0.1, 0.15) is 25.7 Å². The molecule has 1 atom stereocenters. The van der Waals surface area contributed by atoms with Crippen molar-refractivity contribution in [1.82, 2.24) is 5.32 Å². The molecule has 2 aromatic rings. The lowest BCUT2D eigenvalue weighted by atomic mass is 9.93. The number of hydrogen-bond donors (Lipinski definition) is 3. The molecule has 2 heterocycles. The molecule has 0 aromatic heterocycles. The van der Waals surface area contributed by atoms with E-state index in [4.69, 9.17) is 0 Å². The van der Waals surface area contributed by atoms with Gasteiger partial charge in [0, 0.05) is 25.3 Å². The minimum absolute atomic E-state index is 0.212. The molecule has 4 rings (SSSR count). The molecule has 0 bridgehead atoms. The maximum Gasteiger partial charge on any atom is 0.248 e. The summed E-state index contributed by atoms with van der Waals surface area (Å²) in [6.07, 6.45) is 2.79. The molecule has 0 radical (unpaired) electrons. The van der Waals surface area contributed by atoms with Gasteiger partial charge in [0.1, 0.15) is 6.04 Å². The third-order valence-corrected chi connectivity index (χ3v) is 7.02. The van der Waals surface area contributed by atoms with Crippen LogP contribution in [0, 0.1) is 5.92 Å². The van der Waals surface area contributed by atoms with Gasteiger partial charge in [-0.25, -0.2) is 8.42 Å². The molecular formula is C23H28N4O4S. The van der Waals surface area contributed by atoms with E-state index in [9.17, 15) is 18.0 Å². The molecule has 9 heteroatoms. The summed E-state index contributed by atoms with van der Waals surface area (Å²) in [7, 11) is -3.06. The number of rotatable bonds is 7. The van der Waals surface area contributed by atoms with Crippen LogP contribution in [0.2, 0.25) is 0 Å². The Bertz CT molecular complexity index is 1030. The van der Waals surface area contributed by atoms with Crippen LogP contribution in [0.25, 0.3) is 0 Å². The molecule has 170 valence electrons. The Morgan fingerprint density at radius 1 is 1.03 bits per heavy atom. The van der Waals surface area contributed by atoms with Crippen LogP contribution >= 0.6 is 0 Å². The fraction of sp³-hybridized carbons (Fsp3) is 0.391. The molecule has 8 nitrogen and oxygen atoms in total. The average Bonchev–Trinajstić information content (AvgIpc) is 2.80. The molecule has 32 heavy (non-hydrogen) atoms. The second kappa shape index (κ2) is 10.0. The van der Waals surface area contributed by atoms with Gasteiger partial charge in [0.2, 0.25) is 22.7 Å². The molecule has 0 spiro atoms. The van der Waals surface area contributed by atoms with Gasteiger partial charge in [-0.15, -0.1) is 0 Å². The highest BCUT2D eigenvalue weighted by Crippen LogP contribution is 2.32. The Balaban J connectivity index is 1.26. The van der Waals surface area contributed by atoms with E-state index < -0.39 is 22.8 Å². The second-order valence-corrected chi connectivity index (χ2v) is 9.12. The van der Waals surface area contributed by atoms with Crippen molar-refractivity contribution in [2.45, 2.75) is 31.7 Å². The molecule has 2 aromatic carbocycles. The fourth-order valence-electron chi connectivity index (χ4n) is 4.44. The molecule has 2 amide bonds. The van der Waals surface area contributed by atoms with E-state index in [0.29, 0.717) is 23.8 Å². The summed E-state index contributed by atoms with van der Waals surface area (Å²) in [5, 5.41) is 5.56. The second-order valence-electron chi connectivity index (χ2n) is 8.21. The van der Waals surface area contributed by atoms with Gasteiger partial charge in [-0.2, -0.15) is 0 Å². The summed E-state index contributed by atoms with van der Waals surface area (Å²) >= 11 is 0. The highest BCUT2D eigenvalue weighted by molar-refractivity contribution is 7.74. The van der Waals surface area contributed by atoms with Crippen molar-refractivity contribution in [3.05, 3.63) is 54.6 Å². The van der Waals surface area contributed by atoms with E-state index in [2.05, 4.69) is 27.7 Å². The van der Waals surface area contributed by atoms with Gasteiger partial charge < -0.3 is 15.5 Å². The number of benzene rings is 2. The summed E-state index contributed by atoms with van der Waals surface area (Å²) in [5.74, 6) is -0.285. The zero-order valence-electron chi connectivity index (χ0n) is 17.8. The lowest BCUT2D eigenvalue weighted by molar-refractivity contribution is -0.125. The predicted molar refractivity (Wildman–Crippen MR) is 125 cm³/mol. The first-order valence-corrected chi connectivity index (χ1v) is 12.1. The first-order chi connectivity index (χ1) is 15.5. The topological polar surface area (TPSA) is 98.8 Å². The first kappa shape index (κ1) is 22.1. The maximum atomic E-state index is 12.5. The predicted octanol–water partition coefficient (Wildman–Crippen LogP) is 2.15. The molecule has 1 unspecified atom stereocenters. The smallest absolute Gasteiger partial charge is 0.248 e. The number of nitrogens with one attached hydrogen (secondary N) is 2. The Morgan fingerprint density at radius 2 is 1.72 bits per heavy atom. The highest BCUT2D eigenvalue weighted by Gasteiger charge is 2.36. The number of anilines is 3. The van der Waals surface area contributed by atoms with E-state index >= 15 is 0 Å². The van der Waals surface area contributed by atoms with Crippen molar-refractivity contribution in [3.63, 3.8) is 0 Å². The van der Waals surface area contributed by atoms with Crippen molar-refractivity contribution in [2.24, 2.45) is 5.92 Å². The maximum absolute atomic E-state index is 12.5. The molecule has 2 aliphatic rings. The van der Waals surface area contributed by atoms with E-state index in [-0.39, 0.29) is 12.3 Å². The van der Waals surface area contributed by atoms with Crippen LogP contribution in [-0.2, 0) is 20.5 Å². The van der Waals surface area contributed by atoms with Gasteiger partial charge in [-0.05, 0) is 49.4 Å². The third kappa shape index (κ3) is 5.04. The van der Waals surface area contributed by atoms with E-state index in [1.165, 1.54) is 5.69 Å². The first-order valence-electron chi connectivity index (χ1n) is 10.9. The van der Waals surface area contributed by atoms with Crippen LogP contribution in [0.4, 0.5) is 17.1 Å². The van der Waals surface area contributed by atoms with Crippen LogP contribution in [-0.4, -0.2) is 45.9 Å². The number of fused-ring (bicyclic) bond motifs is 1. The SMILES string of the molecule is O=C(CC1C(=O)Nc2ccccc2N1[SH](=O)=O)NCCC1CCN(c2ccccc2)CC1. The van der Waals surface area contributed by atoms with Crippen molar-refractivity contribution in [1.29, 1.82) is 0 Å². The number of nitrogens with zero attached hydrogens (tertiary/aromatic N) is 2. The highest BCUT2D eigenvalue weighted by atomic mass is 32.2. The lowest BCUT2D eigenvalue weighted by Gasteiger charge is -2.34. The Kier molecular flexibility index (Phi) is 6.94.